The molecule has 0 aliphatic heterocycles. The average molecular weight is 297 g/mol. The first-order valence-corrected chi connectivity index (χ1v) is 7.06. The van der Waals surface area contributed by atoms with Gasteiger partial charge in [0.05, 0.1) is 11.0 Å². The van der Waals surface area contributed by atoms with E-state index in [9.17, 15) is 13.2 Å². The number of fused-ring (bicyclic) bond motifs is 1. The van der Waals surface area contributed by atoms with Crippen molar-refractivity contribution < 1.29 is 13.2 Å². The van der Waals surface area contributed by atoms with E-state index >= 15 is 0 Å². The maximum absolute atomic E-state index is 13.3. The second kappa shape index (κ2) is 4.39. The lowest BCUT2D eigenvalue weighted by atomic mass is 9.92. The third-order valence-electron chi connectivity index (χ3n) is 4.62. The van der Waals surface area contributed by atoms with E-state index in [4.69, 9.17) is 5.73 Å². The Morgan fingerprint density at radius 3 is 2.52 bits per heavy atom. The molecule has 2 aromatic rings. The molecule has 21 heavy (non-hydrogen) atoms. The molecule has 1 aliphatic rings. The van der Waals surface area contributed by atoms with Crippen molar-refractivity contribution in [3.05, 3.63) is 24.0 Å². The number of benzene rings is 1. The summed E-state index contributed by atoms with van der Waals surface area (Å²) in [6.07, 6.45) is -2.52. The minimum Gasteiger partial charge on any atom is -0.399 e. The van der Waals surface area contributed by atoms with Crippen molar-refractivity contribution in [2.24, 2.45) is 11.3 Å². The summed E-state index contributed by atoms with van der Waals surface area (Å²) in [5.41, 5.74) is 6.85. The number of aromatic nitrogens is 2. The Hall–Kier alpha value is -1.72. The third kappa shape index (κ3) is 2.36. The molecule has 0 amide bonds. The minimum absolute atomic E-state index is 0.0327. The molecule has 0 spiro atoms. The lowest BCUT2D eigenvalue weighted by molar-refractivity contribution is -0.147. The van der Waals surface area contributed by atoms with Crippen LogP contribution in [0.15, 0.2) is 18.2 Å². The molecule has 1 fully saturated rings. The standard InChI is InChI=1S/C15H18F3N3/c1-9(2)14(5-6-14)8-21-12-4-3-10(19)7-11(12)20-13(21)15(16,17)18/h3-4,7,9H,5-6,8,19H2,1-2H3. The van der Waals surface area contributed by atoms with E-state index in [2.05, 4.69) is 18.8 Å². The summed E-state index contributed by atoms with van der Waals surface area (Å²) in [6.45, 7) is 4.49. The number of alkyl halides is 3. The van der Waals surface area contributed by atoms with Crippen LogP contribution in [0.2, 0.25) is 0 Å². The van der Waals surface area contributed by atoms with Crippen LogP contribution < -0.4 is 5.73 Å². The Morgan fingerprint density at radius 2 is 2.00 bits per heavy atom. The minimum atomic E-state index is -4.46. The second-order valence-electron chi connectivity index (χ2n) is 6.28. The molecule has 1 saturated carbocycles. The van der Waals surface area contributed by atoms with E-state index in [0.717, 1.165) is 12.8 Å². The fraction of sp³-hybridized carbons (Fsp3) is 0.533. The molecule has 3 rings (SSSR count). The van der Waals surface area contributed by atoms with Gasteiger partial charge in [-0.2, -0.15) is 13.2 Å². The quantitative estimate of drug-likeness (QED) is 0.868. The van der Waals surface area contributed by atoms with Crippen LogP contribution in [0.5, 0.6) is 0 Å². The fourth-order valence-corrected chi connectivity index (χ4v) is 2.92. The molecule has 0 radical (unpaired) electrons. The molecule has 0 unspecified atom stereocenters. The van der Waals surface area contributed by atoms with Gasteiger partial charge in [-0.1, -0.05) is 13.8 Å². The summed E-state index contributed by atoms with van der Waals surface area (Å²) in [5, 5.41) is 0. The van der Waals surface area contributed by atoms with Gasteiger partial charge in [0.1, 0.15) is 0 Å². The van der Waals surface area contributed by atoms with Gasteiger partial charge in [0.25, 0.3) is 0 Å². The molecule has 1 heterocycles. The van der Waals surface area contributed by atoms with Gasteiger partial charge in [-0.3, -0.25) is 0 Å². The van der Waals surface area contributed by atoms with Crippen molar-refractivity contribution in [3.8, 4) is 0 Å². The number of anilines is 1. The van der Waals surface area contributed by atoms with Gasteiger partial charge in [0, 0.05) is 12.2 Å². The SMILES string of the molecule is CC(C)C1(Cn2c(C(F)(F)F)nc3cc(N)ccc32)CC1. The van der Waals surface area contributed by atoms with Gasteiger partial charge in [-0.25, -0.2) is 4.98 Å². The molecule has 1 aromatic heterocycles. The van der Waals surface area contributed by atoms with Gasteiger partial charge in [0.2, 0.25) is 5.82 Å². The normalized spacial score (nSPS) is 17.6. The number of nitrogens with zero attached hydrogens (tertiary/aromatic N) is 2. The number of nitrogens with two attached hydrogens (primary N) is 1. The molecule has 114 valence electrons. The summed E-state index contributed by atoms with van der Waals surface area (Å²) in [4.78, 5) is 3.77. The van der Waals surface area contributed by atoms with Crippen LogP contribution in [0, 0.1) is 11.3 Å². The Kier molecular flexibility index (Phi) is 2.97. The molecule has 1 aromatic carbocycles. The van der Waals surface area contributed by atoms with Crippen molar-refractivity contribution in [3.63, 3.8) is 0 Å². The molecule has 0 saturated heterocycles. The van der Waals surface area contributed by atoms with E-state index in [-0.39, 0.29) is 5.41 Å². The number of hydrogen-bond acceptors (Lipinski definition) is 2. The van der Waals surface area contributed by atoms with Gasteiger partial charge in [0.15, 0.2) is 0 Å². The molecule has 6 heteroatoms. The van der Waals surface area contributed by atoms with Crippen molar-refractivity contribution in [1.29, 1.82) is 0 Å². The fourth-order valence-electron chi connectivity index (χ4n) is 2.92. The maximum Gasteiger partial charge on any atom is 0.449 e. The van der Waals surface area contributed by atoms with Crippen molar-refractivity contribution in [1.82, 2.24) is 9.55 Å². The summed E-state index contributed by atoms with van der Waals surface area (Å²) < 4.78 is 41.1. The predicted molar refractivity (Wildman–Crippen MR) is 75.7 cm³/mol. The van der Waals surface area contributed by atoms with E-state index < -0.39 is 12.0 Å². The lowest BCUT2D eigenvalue weighted by Gasteiger charge is -2.22. The molecule has 0 bridgehead atoms. The monoisotopic (exact) mass is 297 g/mol. The zero-order chi connectivity index (χ0) is 15.4. The van der Waals surface area contributed by atoms with Crippen LogP contribution in [-0.2, 0) is 12.7 Å². The largest absolute Gasteiger partial charge is 0.449 e. The van der Waals surface area contributed by atoms with Crippen LogP contribution in [0.4, 0.5) is 18.9 Å². The summed E-state index contributed by atoms with van der Waals surface area (Å²) in [7, 11) is 0. The number of halogens is 3. The zero-order valence-corrected chi connectivity index (χ0v) is 12.0. The molecular formula is C15H18F3N3. The maximum atomic E-state index is 13.3. The topological polar surface area (TPSA) is 43.8 Å². The summed E-state index contributed by atoms with van der Waals surface area (Å²) in [6, 6.07) is 4.74. The zero-order valence-electron chi connectivity index (χ0n) is 12.0. The molecule has 0 atom stereocenters. The first-order chi connectivity index (χ1) is 9.73. The highest BCUT2D eigenvalue weighted by molar-refractivity contribution is 5.79. The number of rotatable bonds is 3. The highest BCUT2D eigenvalue weighted by atomic mass is 19.4. The Balaban J connectivity index is 2.14. The van der Waals surface area contributed by atoms with E-state index in [0.29, 0.717) is 29.2 Å². The molecule has 2 N–H and O–H groups in total. The van der Waals surface area contributed by atoms with Gasteiger partial charge in [-0.05, 0) is 42.4 Å². The van der Waals surface area contributed by atoms with Crippen molar-refractivity contribution in [2.45, 2.75) is 39.4 Å². The highest BCUT2D eigenvalue weighted by Crippen LogP contribution is 2.54. The van der Waals surface area contributed by atoms with Crippen LogP contribution in [0.25, 0.3) is 11.0 Å². The van der Waals surface area contributed by atoms with Crippen LogP contribution in [-0.4, -0.2) is 9.55 Å². The third-order valence-corrected chi connectivity index (χ3v) is 4.62. The van der Waals surface area contributed by atoms with Crippen molar-refractivity contribution in [2.75, 3.05) is 5.73 Å². The lowest BCUT2D eigenvalue weighted by Crippen LogP contribution is -2.22. The number of hydrogen-bond donors (Lipinski definition) is 1. The highest BCUT2D eigenvalue weighted by Gasteiger charge is 2.48. The number of nitrogen functional groups attached to an aromatic ring is 1. The van der Waals surface area contributed by atoms with E-state index in [1.165, 1.54) is 10.6 Å². The van der Waals surface area contributed by atoms with Crippen LogP contribution >= 0.6 is 0 Å². The second-order valence-corrected chi connectivity index (χ2v) is 6.28. The van der Waals surface area contributed by atoms with Gasteiger partial charge < -0.3 is 10.3 Å². The van der Waals surface area contributed by atoms with Gasteiger partial charge >= 0.3 is 6.18 Å². The number of imidazole rings is 1. The smallest absolute Gasteiger partial charge is 0.399 e. The molecular weight excluding hydrogens is 279 g/mol. The molecule has 3 nitrogen and oxygen atoms in total. The Bertz CT molecular complexity index is 681. The first kappa shape index (κ1) is 14.2. The summed E-state index contributed by atoms with van der Waals surface area (Å²) >= 11 is 0. The summed E-state index contributed by atoms with van der Waals surface area (Å²) in [5.74, 6) is -0.472. The first-order valence-electron chi connectivity index (χ1n) is 7.06. The van der Waals surface area contributed by atoms with Crippen LogP contribution in [0.3, 0.4) is 0 Å². The average Bonchev–Trinajstić information content (AvgIpc) is 3.05. The van der Waals surface area contributed by atoms with Gasteiger partial charge in [-0.15, -0.1) is 0 Å². The van der Waals surface area contributed by atoms with Crippen molar-refractivity contribution >= 4 is 16.7 Å². The van der Waals surface area contributed by atoms with E-state index in [1.807, 2.05) is 0 Å². The Labute approximate surface area is 121 Å². The van der Waals surface area contributed by atoms with E-state index in [1.54, 1.807) is 12.1 Å². The van der Waals surface area contributed by atoms with Crippen LogP contribution in [0.1, 0.15) is 32.5 Å². The molecule has 1 aliphatic carbocycles. The predicted octanol–water partition coefficient (Wildman–Crippen LogP) is 4.07. The Morgan fingerprint density at radius 1 is 1.33 bits per heavy atom.